The number of anilines is 3. The summed E-state index contributed by atoms with van der Waals surface area (Å²) < 4.78 is 50.4. The highest BCUT2D eigenvalue weighted by molar-refractivity contribution is 6.06. The first-order valence-corrected chi connectivity index (χ1v) is 21.4. The fourth-order valence-corrected chi connectivity index (χ4v) is 9.90. The summed E-state index contributed by atoms with van der Waals surface area (Å²) in [7, 11) is 0. The first-order chi connectivity index (χ1) is 29.8. The number of alkyl halides is 1. The van der Waals surface area contributed by atoms with E-state index in [2.05, 4.69) is 31.2 Å². The van der Waals surface area contributed by atoms with Gasteiger partial charge in [-0.1, -0.05) is 12.1 Å². The average molecular weight is 850 g/mol. The molecule has 0 bridgehead atoms. The minimum atomic E-state index is -1.49. The number of phenols is 1. The second-order valence-corrected chi connectivity index (χ2v) is 17.3. The summed E-state index contributed by atoms with van der Waals surface area (Å²) in [6.45, 7) is 5.20. The number of aryl methyl sites for hydroxylation is 1. The molecule has 4 aliphatic heterocycles. The zero-order valence-electron chi connectivity index (χ0n) is 34.6. The van der Waals surface area contributed by atoms with Gasteiger partial charge in [-0.15, -0.1) is 10.2 Å². The van der Waals surface area contributed by atoms with E-state index in [1.807, 2.05) is 30.0 Å². The number of carbonyl (C=O) groups excluding carboxylic acids is 3. The van der Waals surface area contributed by atoms with Crippen molar-refractivity contribution < 1.29 is 32.7 Å². The zero-order chi connectivity index (χ0) is 43.3. The highest BCUT2D eigenvalue weighted by Gasteiger charge is 2.39. The number of phenolic OH excluding ortho intramolecular Hbond substituents is 1. The standard InChI is InChI=1S/C46H50F3N9O4/c1-28-25-58(38-9-8-32(23-34(28)38)57-18-12-41(60)51-45(57)62)31-10-16-54(17-11-31)27-46(49)13-19-55(20-14-46)44(61)30-21-35(47)42(36(48)22-30)29-5-4-15-56(26-29)39-24-37(52-53-43(39)50)33-6-2-3-7-40(33)59/h2-3,6-9,21-25,29,31,59H,4-5,10-20,26-27H2,1H3,(H2,50,53)(H,51,60,62). The Hall–Kier alpha value is -6.16. The van der Waals surface area contributed by atoms with E-state index in [4.69, 9.17) is 5.73 Å². The molecule has 1 atom stereocenters. The number of nitrogens with zero attached hydrogens (tertiary/aromatic N) is 7. The zero-order valence-corrected chi connectivity index (χ0v) is 34.6. The van der Waals surface area contributed by atoms with Crippen LogP contribution in [0.2, 0.25) is 0 Å². The van der Waals surface area contributed by atoms with Gasteiger partial charge in [-0.3, -0.25) is 19.8 Å². The van der Waals surface area contributed by atoms with Crippen molar-refractivity contribution in [2.24, 2.45) is 0 Å². The molecule has 6 heterocycles. The van der Waals surface area contributed by atoms with Crippen LogP contribution in [0.1, 0.15) is 78.4 Å². The summed E-state index contributed by atoms with van der Waals surface area (Å²) in [5.41, 5.74) is 8.90. The van der Waals surface area contributed by atoms with E-state index in [0.717, 1.165) is 47.1 Å². The van der Waals surface area contributed by atoms with Crippen molar-refractivity contribution >= 4 is 45.9 Å². The summed E-state index contributed by atoms with van der Waals surface area (Å²) in [5, 5.41) is 22.0. The van der Waals surface area contributed by atoms with Crippen LogP contribution in [0.15, 0.2) is 66.9 Å². The van der Waals surface area contributed by atoms with Gasteiger partial charge in [-0.25, -0.2) is 18.0 Å². The topological polar surface area (TPSA) is 153 Å². The minimum absolute atomic E-state index is 0.0395. The van der Waals surface area contributed by atoms with Crippen molar-refractivity contribution in [1.82, 2.24) is 29.9 Å². The number of rotatable bonds is 8. The van der Waals surface area contributed by atoms with Crippen LogP contribution in [0.25, 0.3) is 22.2 Å². The van der Waals surface area contributed by atoms with Crippen LogP contribution in [-0.2, 0) is 4.79 Å². The molecule has 1 unspecified atom stereocenters. The van der Waals surface area contributed by atoms with Crippen LogP contribution in [0, 0.1) is 18.6 Å². The number of urea groups is 1. The van der Waals surface area contributed by atoms with Crippen molar-refractivity contribution in [3.63, 3.8) is 0 Å². The molecule has 13 nitrogen and oxygen atoms in total. The number of likely N-dealkylation sites (tertiary alicyclic amines) is 2. The van der Waals surface area contributed by atoms with Crippen LogP contribution in [-0.4, -0.2) is 106 Å². The van der Waals surface area contributed by atoms with Crippen molar-refractivity contribution in [3.8, 4) is 17.0 Å². The summed E-state index contributed by atoms with van der Waals surface area (Å²) in [5.74, 6) is -2.71. The number of piperidine rings is 3. The molecular weight excluding hydrogens is 800 g/mol. The van der Waals surface area contributed by atoms with E-state index in [0.29, 0.717) is 56.0 Å². The molecule has 3 aromatic carbocycles. The summed E-state index contributed by atoms with van der Waals surface area (Å²) >= 11 is 0. The van der Waals surface area contributed by atoms with Gasteiger partial charge in [0, 0.05) is 123 Å². The van der Waals surface area contributed by atoms with Crippen molar-refractivity contribution in [1.29, 1.82) is 0 Å². The molecule has 0 spiro atoms. The number of aromatic nitrogens is 3. The van der Waals surface area contributed by atoms with Crippen LogP contribution >= 0.6 is 0 Å². The Bertz CT molecular complexity index is 2530. The van der Waals surface area contributed by atoms with Gasteiger partial charge in [0.25, 0.3) is 5.91 Å². The average Bonchev–Trinajstić information content (AvgIpc) is 3.59. The Balaban J connectivity index is 0.795. The summed E-state index contributed by atoms with van der Waals surface area (Å²) in [6.07, 6.45) is 5.49. The summed E-state index contributed by atoms with van der Waals surface area (Å²) in [4.78, 5) is 44.9. The monoisotopic (exact) mass is 849 g/mol. The minimum Gasteiger partial charge on any atom is -0.507 e. The van der Waals surface area contributed by atoms with Crippen molar-refractivity contribution in [3.05, 3.63) is 95.2 Å². The second kappa shape index (κ2) is 16.6. The first-order valence-electron chi connectivity index (χ1n) is 21.4. The third kappa shape index (κ3) is 8.03. The van der Waals surface area contributed by atoms with Gasteiger partial charge < -0.3 is 30.1 Å². The number of amides is 4. The Labute approximate surface area is 357 Å². The van der Waals surface area contributed by atoms with Gasteiger partial charge in [0.15, 0.2) is 5.82 Å². The number of fused-ring (bicyclic) bond motifs is 1. The van der Waals surface area contributed by atoms with Gasteiger partial charge in [-0.05, 0) is 86.7 Å². The summed E-state index contributed by atoms with van der Waals surface area (Å²) in [6, 6.07) is 16.4. The van der Waals surface area contributed by atoms with E-state index in [1.165, 1.54) is 4.90 Å². The fourth-order valence-electron chi connectivity index (χ4n) is 9.90. The predicted molar refractivity (Wildman–Crippen MR) is 230 cm³/mol. The molecule has 0 saturated carbocycles. The van der Waals surface area contributed by atoms with Gasteiger partial charge in [0.2, 0.25) is 5.91 Å². The lowest BCUT2D eigenvalue weighted by atomic mass is 9.88. The Kier molecular flexibility index (Phi) is 11.0. The predicted octanol–water partition coefficient (Wildman–Crippen LogP) is 7.08. The molecule has 4 aliphatic rings. The molecule has 4 N–H and O–H groups in total. The highest BCUT2D eigenvalue weighted by Crippen LogP contribution is 2.39. The van der Waals surface area contributed by atoms with Crippen LogP contribution in [0.5, 0.6) is 5.75 Å². The number of halogens is 3. The molecule has 4 fully saturated rings. The quantitative estimate of drug-likeness (QED) is 0.149. The molecule has 0 radical (unpaired) electrons. The molecule has 9 rings (SSSR count). The molecule has 0 aliphatic carbocycles. The molecular formula is C46H50F3N9O4. The number of nitrogen functional groups attached to an aromatic ring is 1. The number of carbonyl (C=O) groups is 3. The lowest BCUT2D eigenvalue weighted by Crippen LogP contribution is -2.51. The van der Waals surface area contributed by atoms with Gasteiger partial charge in [-0.2, -0.15) is 0 Å². The Morgan fingerprint density at radius 3 is 2.40 bits per heavy atom. The molecule has 62 heavy (non-hydrogen) atoms. The molecule has 324 valence electrons. The van der Waals surface area contributed by atoms with Crippen LogP contribution in [0.4, 0.5) is 35.2 Å². The number of nitrogens with two attached hydrogens (primary N) is 1. The SMILES string of the molecule is Cc1cn(C2CCN(CC3(F)CCN(C(=O)c4cc(F)c(C5CCCN(c6cc(-c7ccccc7O)nnc6N)C5)c(F)c4)CC3)CC2)c2ccc(N3CCC(=O)NC3=O)cc12. The van der Waals surface area contributed by atoms with Crippen molar-refractivity contribution in [2.75, 3.05) is 67.9 Å². The first kappa shape index (κ1) is 41.2. The van der Waals surface area contributed by atoms with E-state index >= 15 is 13.2 Å². The molecule has 5 aromatic rings. The molecule has 16 heteroatoms. The normalized spacial score (nSPS) is 20.2. The second-order valence-electron chi connectivity index (χ2n) is 17.3. The lowest BCUT2D eigenvalue weighted by molar-refractivity contribution is -0.120. The van der Waals surface area contributed by atoms with Gasteiger partial charge in [0.1, 0.15) is 23.1 Å². The number of imide groups is 1. The number of hydrogen-bond donors (Lipinski definition) is 3. The highest BCUT2D eigenvalue weighted by atomic mass is 19.1. The number of hydrogen-bond acceptors (Lipinski definition) is 9. The number of aromatic hydroxyl groups is 1. The Morgan fingerprint density at radius 2 is 1.68 bits per heavy atom. The Morgan fingerprint density at radius 1 is 0.935 bits per heavy atom. The lowest BCUT2D eigenvalue weighted by Gasteiger charge is -2.41. The number of benzene rings is 3. The third-order valence-corrected chi connectivity index (χ3v) is 13.3. The maximum atomic E-state index is 16.4. The van der Waals surface area contributed by atoms with E-state index < -0.39 is 35.2 Å². The van der Waals surface area contributed by atoms with Crippen LogP contribution in [0.3, 0.4) is 0 Å². The van der Waals surface area contributed by atoms with E-state index in [1.54, 1.807) is 35.2 Å². The maximum absolute atomic E-state index is 16.4. The third-order valence-electron chi connectivity index (χ3n) is 13.3. The smallest absolute Gasteiger partial charge is 0.328 e. The maximum Gasteiger partial charge on any atom is 0.328 e. The van der Waals surface area contributed by atoms with E-state index in [9.17, 15) is 19.5 Å². The molecule has 2 aromatic heterocycles. The van der Waals surface area contributed by atoms with E-state index in [-0.39, 0.29) is 80.1 Å². The van der Waals surface area contributed by atoms with Gasteiger partial charge in [0.05, 0.1) is 11.4 Å². The molecule has 4 saturated heterocycles. The fraction of sp³-hybridized carbons (Fsp3) is 0.413. The van der Waals surface area contributed by atoms with Crippen molar-refractivity contribution in [2.45, 2.75) is 69.5 Å². The van der Waals surface area contributed by atoms with Gasteiger partial charge >= 0.3 is 6.03 Å². The van der Waals surface area contributed by atoms with Crippen LogP contribution < -0.4 is 20.9 Å². The largest absolute Gasteiger partial charge is 0.507 e. The number of nitrogens with one attached hydrogen (secondary N) is 1. The number of para-hydroxylation sites is 1. The molecule has 4 amide bonds.